The minimum atomic E-state index is 0.108. The molecule has 3 heteroatoms. The third-order valence-electron chi connectivity index (χ3n) is 2.10. The Hall–Kier alpha value is -0.830. The maximum atomic E-state index is 11.5. The summed E-state index contributed by atoms with van der Waals surface area (Å²) in [6, 6.07) is 5.01. The van der Waals surface area contributed by atoms with Crippen LogP contribution in [0.5, 0.6) is 5.75 Å². The number of aromatic hydroxyl groups is 1. The van der Waals surface area contributed by atoms with Crippen molar-refractivity contribution in [2.75, 3.05) is 5.33 Å². The summed E-state index contributed by atoms with van der Waals surface area (Å²) in [6.45, 7) is 1.95. The van der Waals surface area contributed by atoms with Crippen molar-refractivity contribution in [2.24, 2.45) is 0 Å². The molecular weight excluding hydrogens is 244 g/mol. The van der Waals surface area contributed by atoms with Crippen molar-refractivity contribution in [1.82, 2.24) is 0 Å². The van der Waals surface area contributed by atoms with Gasteiger partial charge in [-0.3, -0.25) is 4.79 Å². The van der Waals surface area contributed by atoms with Gasteiger partial charge in [0.05, 0.1) is 0 Å². The fraction of sp³-hybridized carbons (Fsp3) is 0.364. The van der Waals surface area contributed by atoms with E-state index in [2.05, 4.69) is 15.9 Å². The van der Waals surface area contributed by atoms with Gasteiger partial charge in [0.2, 0.25) is 0 Å². The molecule has 1 rings (SSSR count). The highest BCUT2D eigenvalue weighted by molar-refractivity contribution is 9.09. The first-order valence-electron chi connectivity index (χ1n) is 4.60. The molecule has 0 heterocycles. The number of hydrogen-bond acceptors (Lipinski definition) is 2. The first-order valence-corrected chi connectivity index (χ1v) is 5.72. The highest BCUT2D eigenvalue weighted by Crippen LogP contribution is 2.19. The second kappa shape index (κ2) is 5.15. The Morgan fingerprint density at radius 1 is 1.50 bits per heavy atom. The number of rotatable bonds is 4. The Morgan fingerprint density at radius 2 is 2.21 bits per heavy atom. The molecular formula is C11H13BrO2. The maximum Gasteiger partial charge on any atom is 0.163 e. The number of Topliss-reactive ketones (excluding diaryl/α,β-unsaturated/α-hetero) is 1. The number of phenols is 1. The number of carbonyl (C=O) groups excluding carboxylic acids is 1. The third kappa shape index (κ3) is 2.58. The monoisotopic (exact) mass is 256 g/mol. The number of hydrogen-bond donors (Lipinski definition) is 1. The zero-order valence-corrected chi connectivity index (χ0v) is 9.67. The van der Waals surface area contributed by atoms with Crippen LogP contribution in [-0.2, 0) is 6.42 Å². The molecule has 0 radical (unpaired) electrons. The predicted molar refractivity (Wildman–Crippen MR) is 60.2 cm³/mol. The van der Waals surface area contributed by atoms with Crippen molar-refractivity contribution in [3.63, 3.8) is 0 Å². The zero-order valence-electron chi connectivity index (χ0n) is 8.09. The molecule has 1 aromatic rings. The van der Waals surface area contributed by atoms with E-state index in [9.17, 15) is 9.90 Å². The van der Waals surface area contributed by atoms with Gasteiger partial charge in [0.15, 0.2) is 5.78 Å². The first-order chi connectivity index (χ1) is 6.69. The van der Waals surface area contributed by atoms with Crippen LogP contribution in [0.25, 0.3) is 0 Å². The normalized spacial score (nSPS) is 10.1. The molecule has 0 aliphatic carbocycles. The van der Waals surface area contributed by atoms with Crippen molar-refractivity contribution in [1.29, 1.82) is 0 Å². The number of benzene rings is 1. The van der Waals surface area contributed by atoms with Gasteiger partial charge < -0.3 is 5.11 Å². The summed E-state index contributed by atoms with van der Waals surface area (Å²) in [4.78, 5) is 11.5. The third-order valence-corrected chi connectivity index (χ3v) is 2.50. The fourth-order valence-electron chi connectivity index (χ4n) is 1.27. The predicted octanol–water partition coefficient (Wildman–Crippen LogP) is 2.92. The number of alkyl halides is 1. The van der Waals surface area contributed by atoms with Gasteiger partial charge in [-0.15, -0.1) is 0 Å². The standard InChI is InChI=1S/C11H13BrO2/c1-2-8-7-9(3-4-10(8)13)11(14)5-6-12/h3-4,7,13H,2,5-6H2,1H3. The molecule has 0 saturated heterocycles. The van der Waals surface area contributed by atoms with Gasteiger partial charge in [0.25, 0.3) is 0 Å². The van der Waals surface area contributed by atoms with Crippen LogP contribution in [-0.4, -0.2) is 16.2 Å². The van der Waals surface area contributed by atoms with Crippen LogP contribution in [0, 0.1) is 0 Å². The Kier molecular flexibility index (Phi) is 4.14. The summed E-state index contributed by atoms with van der Waals surface area (Å²) >= 11 is 3.23. The molecule has 1 aromatic carbocycles. The molecule has 0 amide bonds. The molecule has 2 nitrogen and oxygen atoms in total. The maximum absolute atomic E-state index is 11.5. The number of carbonyl (C=O) groups is 1. The highest BCUT2D eigenvalue weighted by Gasteiger charge is 2.07. The zero-order chi connectivity index (χ0) is 10.6. The van der Waals surface area contributed by atoms with E-state index < -0.39 is 0 Å². The van der Waals surface area contributed by atoms with E-state index in [1.807, 2.05) is 6.92 Å². The lowest BCUT2D eigenvalue weighted by molar-refractivity contribution is 0.0990. The van der Waals surface area contributed by atoms with Crippen LogP contribution < -0.4 is 0 Å². The molecule has 0 aliphatic rings. The largest absolute Gasteiger partial charge is 0.508 e. The summed E-state index contributed by atoms with van der Waals surface area (Å²) in [6.07, 6.45) is 1.23. The van der Waals surface area contributed by atoms with Gasteiger partial charge in [-0.05, 0) is 30.2 Å². The second-order valence-corrected chi connectivity index (χ2v) is 3.85. The molecule has 0 fully saturated rings. The Labute approximate surface area is 92.1 Å². The lowest BCUT2D eigenvalue weighted by atomic mass is 10.0. The van der Waals surface area contributed by atoms with Crippen molar-refractivity contribution < 1.29 is 9.90 Å². The van der Waals surface area contributed by atoms with Gasteiger partial charge in [0.1, 0.15) is 5.75 Å². The van der Waals surface area contributed by atoms with E-state index >= 15 is 0 Å². The molecule has 0 aromatic heterocycles. The van der Waals surface area contributed by atoms with Crippen LogP contribution in [0.4, 0.5) is 0 Å². The number of aryl methyl sites for hydroxylation is 1. The summed E-state index contributed by atoms with van der Waals surface area (Å²) in [5, 5.41) is 10.1. The Morgan fingerprint density at radius 3 is 2.79 bits per heavy atom. The van der Waals surface area contributed by atoms with Gasteiger partial charge >= 0.3 is 0 Å². The minimum Gasteiger partial charge on any atom is -0.508 e. The molecule has 0 aliphatic heterocycles. The van der Waals surface area contributed by atoms with E-state index in [-0.39, 0.29) is 11.5 Å². The van der Waals surface area contributed by atoms with Crippen molar-refractivity contribution >= 4 is 21.7 Å². The number of phenolic OH excluding ortho intramolecular Hbond substituents is 1. The SMILES string of the molecule is CCc1cc(C(=O)CCBr)ccc1O. The highest BCUT2D eigenvalue weighted by atomic mass is 79.9. The van der Waals surface area contributed by atoms with Gasteiger partial charge in [0, 0.05) is 17.3 Å². The summed E-state index contributed by atoms with van der Waals surface area (Å²) < 4.78 is 0. The number of ketones is 1. The average molecular weight is 257 g/mol. The van der Waals surface area contributed by atoms with Crippen LogP contribution in [0.1, 0.15) is 29.3 Å². The number of halogens is 1. The fourth-order valence-corrected chi connectivity index (χ4v) is 1.63. The first kappa shape index (κ1) is 11.2. The Balaban J connectivity index is 2.94. The topological polar surface area (TPSA) is 37.3 Å². The molecule has 0 unspecified atom stereocenters. The molecule has 76 valence electrons. The smallest absolute Gasteiger partial charge is 0.163 e. The summed E-state index contributed by atoms with van der Waals surface area (Å²) in [5.74, 6) is 0.375. The quantitative estimate of drug-likeness (QED) is 0.665. The average Bonchev–Trinajstić information content (AvgIpc) is 2.19. The van der Waals surface area contributed by atoms with E-state index in [1.54, 1.807) is 18.2 Å². The van der Waals surface area contributed by atoms with Crippen LogP contribution in [0.15, 0.2) is 18.2 Å². The summed E-state index contributed by atoms with van der Waals surface area (Å²) in [7, 11) is 0. The Bertz CT molecular complexity index is 334. The van der Waals surface area contributed by atoms with E-state index in [0.29, 0.717) is 17.3 Å². The molecule has 0 spiro atoms. The van der Waals surface area contributed by atoms with Gasteiger partial charge in [-0.25, -0.2) is 0 Å². The summed E-state index contributed by atoms with van der Waals surface area (Å²) in [5.41, 5.74) is 1.50. The van der Waals surface area contributed by atoms with Crippen molar-refractivity contribution in [3.05, 3.63) is 29.3 Å². The van der Waals surface area contributed by atoms with Crippen LogP contribution >= 0.6 is 15.9 Å². The lowest BCUT2D eigenvalue weighted by Crippen LogP contribution is -2.00. The minimum absolute atomic E-state index is 0.108. The molecule has 0 saturated carbocycles. The van der Waals surface area contributed by atoms with Gasteiger partial charge in [-0.1, -0.05) is 22.9 Å². The van der Waals surface area contributed by atoms with Crippen LogP contribution in [0.3, 0.4) is 0 Å². The van der Waals surface area contributed by atoms with E-state index in [1.165, 1.54) is 0 Å². The van der Waals surface area contributed by atoms with Crippen molar-refractivity contribution in [3.8, 4) is 5.75 Å². The molecule has 14 heavy (non-hydrogen) atoms. The molecule has 1 N–H and O–H groups in total. The van der Waals surface area contributed by atoms with E-state index in [4.69, 9.17) is 0 Å². The van der Waals surface area contributed by atoms with E-state index in [0.717, 1.165) is 12.0 Å². The lowest BCUT2D eigenvalue weighted by Gasteiger charge is -2.04. The van der Waals surface area contributed by atoms with Crippen molar-refractivity contribution in [2.45, 2.75) is 19.8 Å². The van der Waals surface area contributed by atoms with Gasteiger partial charge in [-0.2, -0.15) is 0 Å². The molecule has 0 atom stereocenters. The second-order valence-electron chi connectivity index (χ2n) is 3.06. The van der Waals surface area contributed by atoms with Crippen LogP contribution in [0.2, 0.25) is 0 Å². The molecule has 0 bridgehead atoms.